The molecule has 0 aliphatic rings. The summed E-state index contributed by atoms with van der Waals surface area (Å²) in [6.07, 6.45) is 0. The molecule has 0 saturated heterocycles. The van der Waals surface area contributed by atoms with Crippen LogP contribution in [0.1, 0.15) is 35.6 Å². The summed E-state index contributed by atoms with van der Waals surface area (Å²) in [5.41, 5.74) is 2.61. The van der Waals surface area contributed by atoms with Crippen LogP contribution >= 0.6 is 11.8 Å². The van der Waals surface area contributed by atoms with Gasteiger partial charge in [-0.15, -0.1) is 0 Å². The number of nitrogens with zero attached hydrogens (tertiary/aromatic N) is 3. The Morgan fingerprint density at radius 3 is 2.50 bits per heavy atom. The first-order chi connectivity index (χ1) is 14.2. The fourth-order valence-corrected chi connectivity index (χ4v) is 4.25. The number of ketones is 1. The Balaban J connectivity index is 1.85. The zero-order valence-electron chi connectivity index (χ0n) is 17.3. The van der Waals surface area contributed by atoms with E-state index in [4.69, 9.17) is 0 Å². The van der Waals surface area contributed by atoms with Crippen LogP contribution in [-0.2, 0) is 6.54 Å². The molecule has 0 fully saturated rings. The van der Waals surface area contributed by atoms with Gasteiger partial charge in [-0.2, -0.15) is 4.98 Å². The minimum atomic E-state index is -0.357. The van der Waals surface area contributed by atoms with Crippen molar-refractivity contribution in [3.8, 4) is 11.6 Å². The molecule has 0 saturated carbocycles. The minimum absolute atomic E-state index is 0.0711. The normalized spacial score (nSPS) is 11.3. The van der Waals surface area contributed by atoms with Crippen LogP contribution in [0.3, 0.4) is 0 Å². The van der Waals surface area contributed by atoms with E-state index in [9.17, 15) is 19.1 Å². The Hall–Kier alpha value is -2.87. The summed E-state index contributed by atoms with van der Waals surface area (Å²) in [6, 6.07) is 8.97. The number of rotatable bonds is 7. The van der Waals surface area contributed by atoms with Crippen LogP contribution in [0.25, 0.3) is 5.69 Å². The van der Waals surface area contributed by atoms with Crippen molar-refractivity contribution in [2.75, 3.05) is 5.75 Å². The van der Waals surface area contributed by atoms with E-state index in [2.05, 4.69) is 4.98 Å². The van der Waals surface area contributed by atoms with Crippen LogP contribution in [0.5, 0.6) is 5.88 Å². The van der Waals surface area contributed by atoms with Gasteiger partial charge in [-0.25, -0.2) is 4.39 Å². The fourth-order valence-electron chi connectivity index (χ4n) is 3.36. The highest BCUT2D eigenvalue weighted by atomic mass is 32.2. The van der Waals surface area contributed by atoms with Crippen molar-refractivity contribution in [1.82, 2.24) is 14.1 Å². The molecule has 0 aliphatic heterocycles. The molecule has 6 nitrogen and oxygen atoms in total. The van der Waals surface area contributed by atoms with Crippen LogP contribution in [0.2, 0.25) is 0 Å². The predicted molar refractivity (Wildman–Crippen MR) is 115 cm³/mol. The minimum Gasteiger partial charge on any atom is -0.493 e. The maximum Gasteiger partial charge on any atom is 0.257 e. The van der Waals surface area contributed by atoms with Gasteiger partial charge in [0.15, 0.2) is 10.9 Å². The second-order valence-electron chi connectivity index (χ2n) is 7.55. The van der Waals surface area contributed by atoms with Gasteiger partial charge in [0.1, 0.15) is 5.82 Å². The zero-order valence-corrected chi connectivity index (χ0v) is 18.2. The lowest BCUT2D eigenvalue weighted by atomic mass is 10.2. The lowest BCUT2D eigenvalue weighted by Crippen LogP contribution is -2.24. The highest BCUT2D eigenvalue weighted by Gasteiger charge is 2.19. The molecule has 0 radical (unpaired) electrons. The molecule has 3 aromatic rings. The second-order valence-corrected chi connectivity index (χ2v) is 8.49. The topological polar surface area (TPSA) is 77.1 Å². The van der Waals surface area contributed by atoms with Gasteiger partial charge >= 0.3 is 0 Å². The number of hydrogen-bond donors (Lipinski definition) is 1. The highest BCUT2D eigenvalue weighted by molar-refractivity contribution is 7.99. The van der Waals surface area contributed by atoms with Gasteiger partial charge in [-0.1, -0.05) is 25.6 Å². The number of carbonyl (C=O) groups is 1. The van der Waals surface area contributed by atoms with E-state index >= 15 is 0 Å². The molecule has 30 heavy (non-hydrogen) atoms. The molecule has 0 unspecified atom stereocenters. The number of aryl methyl sites for hydroxylation is 1. The molecule has 0 amide bonds. The van der Waals surface area contributed by atoms with Gasteiger partial charge in [-0.3, -0.25) is 14.2 Å². The van der Waals surface area contributed by atoms with E-state index in [0.717, 1.165) is 34.9 Å². The summed E-state index contributed by atoms with van der Waals surface area (Å²) in [4.78, 5) is 29.2. The standard InChI is InChI=1S/C22H24FN3O3S/c1-13(2)11-25-21(29)10-20(28)24-22(25)30-12-19(27)18-9-14(3)26(15(18)4)17-7-5-16(23)6-8-17/h5-10,13,28H,11-12H2,1-4H3. The van der Waals surface area contributed by atoms with Crippen molar-refractivity contribution in [3.05, 3.63) is 69.5 Å². The Morgan fingerprint density at radius 1 is 1.20 bits per heavy atom. The molecule has 1 aromatic carbocycles. The van der Waals surface area contributed by atoms with Crippen molar-refractivity contribution in [1.29, 1.82) is 0 Å². The summed E-state index contributed by atoms with van der Waals surface area (Å²) in [5.74, 6) is -0.514. The van der Waals surface area contributed by atoms with Crippen molar-refractivity contribution < 1.29 is 14.3 Å². The van der Waals surface area contributed by atoms with Crippen molar-refractivity contribution in [2.24, 2.45) is 5.92 Å². The maximum absolute atomic E-state index is 13.3. The van der Waals surface area contributed by atoms with E-state index in [1.807, 2.05) is 32.3 Å². The molecule has 2 heterocycles. The van der Waals surface area contributed by atoms with Gasteiger partial charge in [0.25, 0.3) is 5.56 Å². The number of carbonyl (C=O) groups excluding carboxylic acids is 1. The molecule has 3 rings (SSSR count). The number of halogens is 1. The van der Waals surface area contributed by atoms with Crippen LogP contribution in [0.15, 0.2) is 46.3 Å². The van der Waals surface area contributed by atoms with Crippen molar-refractivity contribution >= 4 is 17.5 Å². The first kappa shape index (κ1) is 21.8. The van der Waals surface area contributed by atoms with Crippen molar-refractivity contribution in [2.45, 2.75) is 39.4 Å². The van der Waals surface area contributed by atoms with E-state index < -0.39 is 0 Å². The van der Waals surface area contributed by atoms with E-state index in [-0.39, 0.29) is 34.7 Å². The Bertz CT molecular complexity index is 1130. The molecular formula is C22H24FN3O3S. The Labute approximate surface area is 178 Å². The third-order valence-electron chi connectivity index (χ3n) is 4.66. The summed E-state index contributed by atoms with van der Waals surface area (Å²) >= 11 is 1.13. The molecule has 2 aromatic heterocycles. The smallest absolute Gasteiger partial charge is 0.257 e. The van der Waals surface area contributed by atoms with Crippen LogP contribution in [-0.4, -0.2) is 30.8 Å². The summed E-state index contributed by atoms with van der Waals surface area (Å²) in [6.45, 7) is 8.13. The quantitative estimate of drug-likeness (QED) is 0.347. The molecule has 0 atom stereocenters. The number of aromatic nitrogens is 3. The maximum atomic E-state index is 13.3. The Morgan fingerprint density at radius 2 is 1.87 bits per heavy atom. The fraction of sp³-hybridized carbons (Fsp3) is 0.318. The average molecular weight is 430 g/mol. The number of aromatic hydroxyl groups is 1. The van der Waals surface area contributed by atoms with Gasteiger partial charge in [0, 0.05) is 29.2 Å². The third-order valence-corrected chi connectivity index (χ3v) is 5.63. The molecule has 0 aliphatic carbocycles. The molecule has 8 heteroatoms. The highest BCUT2D eigenvalue weighted by Crippen LogP contribution is 2.24. The largest absolute Gasteiger partial charge is 0.493 e. The molecule has 158 valence electrons. The lowest BCUT2D eigenvalue weighted by Gasteiger charge is -2.13. The van der Waals surface area contributed by atoms with Gasteiger partial charge in [-0.05, 0) is 50.1 Å². The first-order valence-electron chi connectivity index (χ1n) is 9.59. The number of thioether (sulfide) groups is 1. The van der Waals surface area contributed by atoms with Gasteiger partial charge in [0.2, 0.25) is 5.88 Å². The van der Waals surface area contributed by atoms with E-state index in [1.54, 1.807) is 18.2 Å². The lowest BCUT2D eigenvalue weighted by molar-refractivity contribution is 0.102. The average Bonchev–Trinajstić information content (AvgIpc) is 2.97. The predicted octanol–water partition coefficient (Wildman–Crippen LogP) is 4.13. The Kier molecular flexibility index (Phi) is 6.45. The van der Waals surface area contributed by atoms with E-state index in [1.165, 1.54) is 16.7 Å². The first-order valence-corrected chi connectivity index (χ1v) is 10.6. The van der Waals surface area contributed by atoms with Crippen LogP contribution < -0.4 is 5.56 Å². The van der Waals surface area contributed by atoms with Gasteiger partial charge < -0.3 is 9.67 Å². The number of benzene rings is 1. The van der Waals surface area contributed by atoms with Crippen LogP contribution in [0, 0.1) is 25.6 Å². The number of hydrogen-bond acceptors (Lipinski definition) is 5. The summed E-state index contributed by atoms with van der Waals surface area (Å²) < 4.78 is 16.6. The van der Waals surface area contributed by atoms with E-state index in [0.29, 0.717) is 17.3 Å². The molecule has 0 bridgehead atoms. The SMILES string of the molecule is Cc1cc(C(=O)CSc2nc(O)cc(=O)n2CC(C)C)c(C)n1-c1ccc(F)cc1. The summed E-state index contributed by atoms with van der Waals surface area (Å²) in [5, 5.41) is 10.0. The molecule has 1 N–H and O–H groups in total. The monoisotopic (exact) mass is 429 g/mol. The van der Waals surface area contributed by atoms with Crippen molar-refractivity contribution in [3.63, 3.8) is 0 Å². The third kappa shape index (κ3) is 4.64. The molecular weight excluding hydrogens is 405 g/mol. The second kappa shape index (κ2) is 8.87. The summed E-state index contributed by atoms with van der Waals surface area (Å²) in [7, 11) is 0. The zero-order chi connectivity index (χ0) is 22.0. The number of Topliss-reactive ketones (excluding diaryl/α,β-unsaturated/α-hetero) is 1. The van der Waals surface area contributed by atoms with Crippen LogP contribution in [0.4, 0.5) is 4.39 Å². The molecule has 0 spiro atoms. The van der Waals surface area contributed by atoms with Gasteiger partial charge in [0.05, 0.1) is 11.8 Å².